The molecule has 0 spiro atoms. The van der Waals surface area contributed by atoms with Gasteiger partial charge in [0.15, 0.2) is 0 Å². The first-order valence-corrected chi connectivity index (χ1v) is 8.06. The Labute approximate surface area is 130 Å². The Kier molecular flexibility index (Phi) is 8.34. The van der Waals surface area contributed by atoms with Gasteiger partial charge in [-0.2, -0.15) is 0 Å². The lowest BCUT2D eigenvalue weighted by Crippen LogP contribution is -2.32. The van der Waals surface area contributed by atoms with Gasteiger partial charge in [0.2, 0.25) is 0 Å². The minimum atomic E-state index is -0.178. The molecule has 0 aliphatic rings. The molecular formula is C16H25BrFNO. The third kappa shape index (κ3) is 6.33. The highest BCUT2D eigenvalue weighted by Gasteiger charge is 2.13. The van der Waals surface area contributed by atoms with E-state index in [-0.39, 0.29) is 11.9 Å². The quantitative estimate of drug-likeness (QED) is 0.719. The van der Waals surface area contributed by atoms with E-state index in [4.69, 9.17) is 4.74 Å². The topological polar surface area (TPSA) is 21.3 Å². The van der Waals surface area contributed by atoms with Gasteiger partial charge in [-0.25, -0.2) is 4.39 Å². The van der Waals surface area contributed by atoms with Crippen LogP contribution in [0.1, 0.15) is 38.7 Å². The minimum Gasteiger partial charge on any atom is -0.382 e. The average molecular weight is 346 g/mol. The van der Waals surface area contributed by atoms with Crippen LogP contribution in [0.25, 0.3) is 0 Å². The first kappa shape index (κ1) is 17.6. The van der Waals surface area contributed by atoms with Crippen LogP contribution in [0.4, 0.5) is 4.39 Å². The Morgan fingerprint density at radius 3 is 2.75 bits per heavy atom. The Balaban J connectivity index is 2.65. The van der Waals surface area contributed by atoms with E-state index >= 15 is 0 Å². The van der Waals surface area contributed by atoms with Crippen LogP contribution in [0.5, 0.6) is 0 Å². The zero-order chi connectivity index (χ0) is 15.0. The van der Waals surface area contributed by atoms with Crippen molar-refractivity contribution in [3.05, 3.63) is 34.1 Å². The summed E-state index contributed by atoms with van der Waals surface area (Å²) in [6, 6.07) is 5.23. The van der Waals surface area contributed by atoms with E-state index < -0.39 is 0 Å². The number of methoxy groups -OCH3 is 1. The SMILES string of the molecule is CCCNC(CCC(C)OC)Cc1cc(F)ccc1Br. The lowest BCUT2D eigenvalue weighted by atomic mass is 10.00. The largest absolute Gasteiger partial charge is 0.382 e. The van der Waals surface area contributed by atoms with Gasteiger partial charge in [0.05, 0.1) is 6.10 Å². The maximum atomic E-state index is 13.4. The highest BCUT2D eigenvalue weighted by molar-refractivity contribution is 9.10. The van der Waals surface area contributed by atoms with Gasteiger partial charge in [0, 0.05) is 17.6 Å². The van der Waals surface area contributed by atoms with Crippen LogP contribution >= 0.6 is 15.9 Å². The molecule has 1 aromatic rings. The van der Waals surface area contributed by atoms with Crippen molar-refractivity contribution in [2.75, 3.05) is 13.7 Å². The van der Waals surface area contributed by atoms with Crippen molar-refractivity contribution in [1.29, 1.82) is 0 Å². The van der Waals surface area contributed by atoms with Gasteiger partial charge in [-0.15, -0.1) is 0 Å². The van der Waals surface area contributed by atoms with Gasteiger partial charge < -0.3 is 10.1 Å². The van der Waals surface area contributed by atoms with E-state index in [1.54, 1.807) is 19.2 Å². The standard InChI is InChI=1S/C16H25BrFNO/c1-4-9-19-15(7-5-12(2)20-3)11-13-10-14(18)6-8-16(13)17/h6,8,10,12,15,19H,4-5,7,9,11H2,1-3H3. The Morgan fingerprint density at radius 1 is 1.35 bits per heavy atom. The van der Waals surface area contributed by atoms with E-state index in [0.717, 1.165) is 42.3 Å². The first-order valence-electron chi connectivity index (χ1n) is 7.26. The van der Waals surface area contributed by atoms with Crippen molar-refractivity contribution < 1.29 is 9.13 Å². The summed E-state index contributed by atoms with van der Waals surface area (Å²) in [4.78, 5) is 0. The van der Waals surface area contributed by atoms with Gasteiger partial charge in [0.1, 0.15) is 5.82 Å². The normalized spacial score (nSPS) is 14.2. The number of halogens is 2. The second-order valence-electron chi connectivity index (χ2n) is 5.21. The lowest BCUT2D eigenvalue weighted by Gasteiger charge is -2.21. The Morgan fingerprint density at radius 2 is 2.10 bits per heavy atom. The number of rotatable bonds is 9. The smallest absolute Gasteiger partial charge is 0.123 e. The van der Waals surface area contributed by atoms with Crippen LogP contribution in [0, 0.1) is 5.82 Å². The van der Waals surface area contributed by atoms with Gasteiger partial charge in [-0.3, -0.25) is 0 Å². The fourth-order valence-electron chi connectivity index (χ4n) is 2.14. The molecule has 0 bridgehead atoms. The van der Waals surface area contributed by atoms with E-state index in [9.17, 15) is 4.39 Å². The van der Waals surface area contributed by atoms with Crippen molar-refractivity contribution in [2.45, 2.75) is 51.7 Å². The summed E-state index contributed by atoms with van der Waals surface area (Å²) in [6.07, 6.45) is 4.22. The van der Waals surface area contributed by atoms with E-state index in [2.05, 4.69) is 35.1 Å². The molecule has 0 aliphatic carbocycles. The molecule has 2 atom stereocenters. The molecule has 0 saturated carbocycles. The molecule has 1 N–H and O–H groups in total. The van der Waals surface area contributed by atoms with Crippen molar-refractivity contribution in [2.24, 2.45) is 0 Å². The van der Waals surface area contributed by atoms with Gasteiger partial charge >= 0.3 is 0 Å². The van der Waals surface area contributed by atoms with Gasteiger partial charge in [0.25, 0.3) is 0 Å². The molecule has 4 heteroatoms. The zero-order valence-electron chi connectivity index (χ0n) is 12.6. The third-order valence-corrected chi connectivity index (χ3v) is 4.25. The molecule has 1 rings (SSSR count). The summed E-state index contributed by atoms with van der Waals surface area (Å²) in [6.45, 7) is 5.22. The number of ether oxygens (including phenoxy) is 1. The van der Waals surface area contributed by atoms with Gasteiger partial charge in [-0.05, 0) is 62.9 Å². The summed E-state index contributed by atoms with van der Waals surface area (Å²) in [5.41, 5.74) is 1.02. The highest BCUT2D eigenvalue weighted by Crippen LogP contribution is 2.21. The summed E-state index contributed by atoms with van der Waals surface area (Å²) in [5, 5.41) is 3.55. The molecule has 0 amide bonds. The molecule has 0 aromatic heterocycles. The van der Waals surface area contributed by atoms with Crippen LogP contribution in [-0.2, 0) is 11.2 Å². The summed E-state index contributed by atoms with van der Waals surface area (Å²) < 4.78 is 19.6. The van der Waals surface area contributed by atoms with Crippen LogP contribution < -0.4 is 5.32 Å². The molecule has 0 radical (unpaired) electrons. The van der Waals surface area contributed by atoms with E-state index in [0.29, 0.717) is 6.04 Å². The maximum Gasteiger partial charge on any atom is 0.123 e. The lowest BCUT2D eigenvalue weighted by molar-refractivity contribution is 0.106. The van der Waals surface area contributed by atoms with Crippen LogP contribution in [0.15, 0.2) is 22.7 Å². The maximum absolute atomic E-state index is 13.4. The van der Waals surface area contributed by atoms with Crippen LogP contribution in [-0.4, -0.2) is 25.8 Å². The minimum absolute atomic E-state index is 0.178. The third-order valence-electron chi connectivity index (χ3n) is 3.48. The van der Waals surface area contributed by atoms with Crippen LogP contribution in [0.3, 0.4) is 0 Å². The number of hydrogen-bond acceptors (Lipinski definition) is 2. The summed E-state index contributed by atoms with van der Waals surface area (Å²) >= 11 is 3.50. The summed E-state index contributed by atoms with van der Waals surface area (Å²) in [5.74, 6) is -0.178. The predicted molar refractivity (Wildman–Crippen MR) is 85.6 cm³/mol. The first-order chi connectivity index (χ1) is 9.56. The number of nitrogens with one attached hydrogen (secondary N) is 1. The highest BCUT2D eigenvalue weighted by atomic mass is 79.9. The van der Waals surface area contributed by atoms with Crippen molar-refractivity contribution >= 4 is 15.9 Å². The molecule has 114 valence electrons. The molecule has 0 heterocycles. The monoisotopic (exact) mass is 345 g/mol. The molecule has 2 unspecified atom stereocenters. The van der Waals surface area contributed by atoms with Crippen molar-refractivity contribution in [3.63, 3.8) is 0 Å². The van der Waals surface area contributed by atoms with Crippen molar-refractivity contribution in [1.82, 2.24) is 5.32 Å². The molecule has 1 aromatic carbocycles. The Bertz CT molecular complexity index is 400. The average Bonchev–Trinajstić information content (AvgIpc) is 2.45. The zero-order valence-corrected chi connectivity index (χ0v) is 14.2. The fraction of sp³-hybridized carbons (Fsp3) is 0.625. The predicted octanol–water partition coefficient (Wildman–Crippen LogP) is 4.31. The molecule has 0 aliphatic heterocycles. The van der Waals surface area contributed by atoms with E-state index in [1.165, 1.54) is 6.07 Å². The molecule has 20 heavy (non-hydrogen) atoms. The van der Waals surface area contributed by atoms with Crippen molar-refractivity contribution in [3.8, 4) is 0 Å². The fourth-order valence-corrected chi connectivity index (χ4v) is 2.55. The van der Waals surface area contributed by atoms with Crippen LogP contribution in [0.2, 0.25) is 0 Å². The Hall–Kier alpha value is -0.450. The molecule has 0 fully saturated rings. The second-order valence-corrected chi connectivity index (χ2v) is 6.07. The number of benzene rings is 1. The molecule has 0 saturated heterocycles. The summed E-state index contributed by atoms with van der Waals surface area (Å²) in [7, 11) is 1.74. The molecular weight excluding hydrogens is 321 g/mol. The van der Waals surface area contributed by atoms with Gasteiger partial charge in [-0.1, -0.05) is 22.9 Å². The second kappa shape index (κ2) is 9.48. The number of hydrogen-bond donors (Lipinski definition) is 1. The molecule has 2 nitrogen and oxygen atoms in total. The van der Waals surface area contributed by atoms with E-state index in [1.807, 2.05) is 0 Å².